The Morgan fingerprint density at radius 3 is 2.63 bits per heavy atom. The Labute approximate surface area is 116 Å². The summed E-state index contributed by atoms with van der Waals surface area (Å²) < 4.78 is 2.15. The van der Waals surface area contributed by atoms with Crippen LogP contribution in [0.5, 0.6) is 0 Å². The maximum Gasteiger partial charge on any atom is 0.0841 e. The standard InChI is InChI=1S/C16H25N3/c1-5-6-11-19-15-10-8-7-9-13(15)14(18-19)12-17-16(2,3)4/h7-10,17H,5-6,11-12H2,1-4H3. The number of fused-ring (bicyclic) bond motifs is 1. The van der Waals surface area contributed by atoms with Gasteiger partial charge in [0.25, 0.3) is 0 Å². The van der Waals surface area contributed by atoms with E-state index in [-0.39, 0.29) is 5.54 Å². The Morgan fingerprint density at radius 2 is 1.95 bits per heavy atom. The third-order valence-electron chi connectivity index (χ3n) is 3.24. The molecule has 0 saturated carbocycles. The summed E-state index contributed by atoms with van der Waals surface area (Å²) in [4.78, 5) is 0. The second kappa shape index (κ2) is 5.74. The van der Waals surface area contributed by atoms with Gasteiger partial charge in [-0.05, 0) is 33.3 Å². The average Bonchev–Trinajstić information content (AvgIpc) is 2.72. The SMILES string of the molecule is CCCCn1nc(CNC(C)(C)C)c2ccccc21. The predicted molar refractivity (Wildman–Crippen MR) is 81.2 cm³/mol. The average molecular weight is 259 g/mol. The molecule has 19 heavy (non-hydrogen) atoms. The summed E-state index contributed by atoms with van der Waals surface area (Å²) in [6.07, 6.45) is 2.38. The van der Waals surface area contributed by atoms with Crippen LogP contribution in [-0.4, -0.2) is 15.3 Å². The second-order valence-electron chi connectivity index (χ2n) is 6.14. The minimum absolute atomic E-state index is 0.119. The van der Waals surface area contributed by atoms with Crippen LogP contribution in [-0.2, 0) is 13.1 Å². The Kier molecular flexibility index (Phi) is 4.25. The lowest BCUT2D eigenvalue weighted by atomic mass is 10.1. The van der Waals surface area contributed by atoms with E-state index in [1.165, 1.54) is 23.7 Å². The molecular weight excluding hydrogens is 234 g/mol. The Balaban J connectivity index is 2.28. The van der Waals surface area contributed by atoms with Crippen molar-refractivity contribution in [1.82, 2.24) is 15.1 Å². The van der Waals surface area contributed by atoms with Crippen LogP contribution in [0.15, 0.2) is 24.3 Å². The smallest absolute Gasteiger partial charge is 0.0841 e. The zero-order valence-corrected chi connectivity index (χ0v) is 12.5. The van der Waals surface area contributed by atoms with Gasteiger partial charge in [0.2, 0.25) is 0 Å². The molecule has 0 aliphatic rings. The second-order valence-corrected chi connectivity index (χ2v) is 6.14. The largest absolute Gasteiger partial charge is 0.306 e. The molecule has 0 unspecified atom stereocenters. The zero-order chi connectivity index (χ0) is 13.9. The number of para-hydroxylation sites is 1. The first-order valence-corrected chi connectivity index (χ1v) is 7.21. The van der Waals surface area contributed by atoms with Crippen molar-refractivity contribution in [2.75, 3.05) is 0 Å². The van der Waals surface area contributed by atoms with Crippen molar-refractivity contribution in [3.8, 4) is 0 Å². The van der Waals surface area contributed by atoms with Crippen molar-refractivity contribution in [3.63, 3.8) is 0 Å². The molecule has 104 valence electrons. The summed E-state index contributed by atoms with van der Waals surface area (Å²) >= 11 is 0. The van der Waals surface area contributed by atoms with Crippen molar-refractivity contribution in [2.45, 2.75) is 59.2 Å². The maximum absolute atomic E-state index is 4.78. The van der Waals surface area contributed by atoms with Gasteiger partial charge in [-0.3, -0.25) is 4.68 Å². The third kappa shape index (κ3) is 3.57. The number of rotatable bonds is 5. The van der Waals surface area contributed by atoms with Crippen LogP contribution < -0.4 is 5.32 Å². The first-order chi connectivity index (χ1) is 9.01. The fourth-order valence-corrected chi connectivity index (χ4v) is 2.15. The molecule has 0 bridgehead atoms. The van der Waals surface area contributed by atoms with Crippen molar-refractivity contribution in [1.29, 1.82) is 0 Å². The fourth-order valence-electron chi connectivity index (χ4n) is 2.15. The van der Waals surface area contributed by atoms with E-state index >= 15 is 0 Å². The lowest BCUT2D eigenvalue weighted by Gasteiger charge is -2.19. The summed E-state index contributed by atoms with van der Waals surface area (Å²) in [6, 6.07) is 8.52. The molecule has 0 fully saturated rings. The van der Waals surface area contributed by atoms with Gasteiger partial charge in [0.05, 0.1) is 11.2 Å². The molecule has 1 heterocycles. The number of hydrogen-bond acceptors (Lipinski definition) is 2. The van der Waals surface area contributed by atoms with Gasteiger partial charge < -0.3 is 5.32 Å². The van der Waals surface area contributed by atoms with E-state index in [1.54, 1.807) is 0 Å². The highest BCUT2D eigenvalue weighted by atomic mass is 15.3. The molecule has 2 rings (SSSR count). The van der Waals surface area contributed by atoms with Gasteiger partial charge in [-0.15, -0.1) is 0 Å². The minimum Gasteiger partial charge on any atom is -0.306 e. The van der Waals surface area contributed by atoms with Gasteiger partial charge in [0.15, 0.2) is 0 Å². The molecule has 3 heteroatoms. The molecule has 2 aromatic rings. The van der Waals surface area contributed by atoms with Crippen molar-refractivity contribution in [3.05, 3.63) is 30.0 Å². The molecule has 1 N–H and O–H groups in total. The first kappa shape index (κ1) is 14.1. The predicted octanol–water partition coefficient (Wildman–Crippen LogP) is 3.72. The number of aromatic nitrogens is 2. The molecule has 0 aliphatic heterocycles. The highest BCUT2D eigenvalue weighted by Crippen LogP contribution is 2.19. The van der Waals surface area contributed by atoms with Crippen molar-refractivity contribution in [2.24, 2.45) is 0 Å². The van der Waals surface area contributed by atoms with Crippen LogP contribution in [0.4, 0.5) is 0 Å². The van der Waals surface area contributed by atoms with E-state index in [2.05, 4.69) is 62.0 Å². The number of nitrogens with one attached hydrogen (secondary N) is 1. The molecule has 0 amide bonds. The zero-order valence-electron chi connectivity index (χ0n) is 12.5. The molecule has 0 saturated heterocycles. The van der Waals surface area contributed by atoms with E-state index in [1.807, 2.05) is 0 Å². The molecule has 0 aliphatic carbocycles. The van der Waals surface area contributed by atoms with Crippen LogP contribution in [0.25, 0.3) is 10.9 Å². The number of unbranched alkanes of at least 4 members (excludes halogenated alkanes) is 1. The van der Waals surface area contributed by atoms with Gasteiger partial charge in [-0.2, -0.15) is 5.10 Å². The highest BCUT2D eigenvalue weighted by Gasteiger charge is 2.13. The summed E-state index contributed by atoms with van der Waals surface area (Å²) in [5.74, 6) is 0. The monoisotopic (exact) mass is 259 g/mol. The number of benzene rings is 1. The van der Waals surface area contributed by atoms with Crippen LogP contribution in [0.2, 0.25) is 0 Å². The summed E-state index contributed by atoms with van der Waals surface area (Å²) in [7, 11) is 0. The lowest BCUT2D eigenvalue weighted by molar-refractivity contribution is 0.419. The van der Waals surface area contributed by atoms with Crippen LogP contribution in [0.1, 0.15) is 46.2 Å². The van der Waals surface area contributed by atoms with Gasteiger partial charge >= 0.3 is 0 Å². The molecule has 0 atom stereocenters. The Morgan fingerprint density at radius 1 is 1.21 bits per heavy atom. The summed E-state index contributed by atoms with van der Waals surface area (Å²) in [6.45, 7) is 10.6. The first-order valence-electron chi connectivity index (χ1n) is 7.21. The van der Waals surface area contributed by atoms with Gasteiger partial charge in [0.1, 0.15) is 0 Å². The van der Waals surface area contributed by atoms with Crippen molar-refractivity contribution < 1.29 is 0 Å². The quantitative estimate of drug-likeness (QED) is 0.886. The number of hydrogen-bond donors (Lipinski definition) is 1. The van der Waals surface area contributed by atoms with Crippen LogP contribution in [0.3, 0.4) is 0 Å². The summed E-state index contributed by atoms with van der Waals surface area (Å²) in [5.41, 5.74) is 2.53. The third-order valence-corrected chi connectivity index (χ3v) is 3.24. The van der Waals surface area contributed by atoms with Gasteiger partial charge in [0, 0.05) is 24.0 Å². The minimum atomic E-state index is 0.119. The molecule has 3 nitrogen and oxygen atoms in total. The molecule has 0 radical (unpaired) electrons. The van der Waals surface area contributed by atoms with Gasteiger partial charge in [-0.25, -0.2) is 0 Å². The Hall–Kier alpha value is -1.35. The van der Waals surface area contributed by atoms with Crippen LogP contribution in [0, 0.1) is 0 Å². The van der Waals surface area contributed by atoms with Gasteiger partial charge in [-0.1, -0.05) is 31.5 Å². The number of aryl methyl sites for hydroxylation is 1. The Bertz CT molecular complexity index is 534. The summed E-state index contributed by atoms with van der Waals surface area (Å²) in [5, 5.41) is 9.58. The van der Waals surface area contributed by atoms with Crippen LogP contribution >= 0.6 is 0 Å². The van der Waals surface area contributed by atoms with E-state index in [0.29, 0.717) is 0 Å². The van der Waals surface area contributed by atoms with E-state index in [4.69, 9.17) is 5.10 Å². The molecule has 0 spiro atoms. The fraction of sp³-hybridized carbons (Fsp3) is 0.562. The molecular formula is C16H25N3. The number of nitrogens with zero attached hydrogens (tertiary/aromatic N) is 2. The van der Waals surface area contributed by atoms with E-state index in [9.17, 15) is 0 Å². The molecule has 1 aromatic heterocycles. The van der Waals surface area contributed by atoms with Crippen molar-refractivity contribution >= 4 is 10.9 Å². The lowest BCUT2D eigenvalue weighted by Crippen LogP contribution is -2.35. The topological polar surface area (TPSA) is 29.9 Å². The van der Waals surface area contributed by atoms with E-state index < -0.39 is 0 Å². The normalized spacial score (nSPS) is 12.2. The molecule has 1 aromatic carbocycles. The maximum atomic E-state index is 4.78. The highest BCUT2D eigenvalue weighted by molar-refractivity contribution is 5.81. The van der Waals surface area contributed by atoms with E-state index in [0.717, 1.165) is 18.8 Å².